The number of rotatable bonds is 4. The zero-order valence-electron chi connectivity index (χ0n) is 15.0. The smallest absolute Gasteiger partial charge is 0.229 e. The van der Waals surface area contributed by atoms with Crippen molar-refractivity contribution in [1.82, 2.24) is 15.0 Å². The van der Waals surface area contributed by atoms with Crippen molar-refractivity contribution in [2.45, 2.75) is 13.8 Å². The number of nitrogens with one attached hydrogen (secondary N) is 2. The molecule has 0 saturated heterocycles. The molecular formula is C21H18ClN5. The summed E-state index contributed by atoms with van der Waals surface area (Å²) in [5.41, 5.74) is 4.61. The molecule has 0 radical (unpaired) electrons. The van der Waals surface area contributed by atoms with Gasteiger partial charge in [-0.3, -0.25) is 4.98 Å². The van der Waals surface area contributed by atoms with Gasteiger partial charge >= 0.3 is 0 Å². The van der Waals surface area contributed by atoms with Crippen LogP contribution in [0.2, 0.25) is 5.02 Å². The molecule has 0 saturated carbocycles. The van der Waals surface area contributed by atoms with Crippen molar-refractivity contribution in [3.8, 4) is 0 Å². The van der Waals surface area contributed by atoms with Crippen LogP contribution in [-0.4, -0.2) is 15.0 Å². The Labute approximate surface area is 162 Å². The molecule has 0 unspecified atom stereocenters. The SMILES string of the molecule is Cc1cc(Nc2ccc(Cl)cc2C)nc(Nc2cccc3cccnc23)n1. The van der Waals surface area contributed by atoms with Gasteiger partial charge in [0.1, 0.15) is 5.82 Å². The van der Waals surface area contributed by atoms with Gasteiger partial charge in [0.25, 0.3) is 0 Å². The lowest BCUT2D eigenvalue weighted by Crippen LogP contribution is -2.03. The molecule has 2 N–H and O–H groups in total. The first kappa shape index (κ1) is 17.2. The highest BCUT2D eigenvalue weighted by Crippen LogP contribution is 2.26. The van der Waals surface area contributed by atoms with Crippen molar-refractivity contribution in [2.24, 2.45) is 0 Å². The summed E-state index contributed by atoms with van der Waals surface area (Å²) >= 11 is 6.04. The lowest BCUT2D eigenvalue weighted by Gasteiger charge is -2.12. The molecule has 0 fully saturated rings. The third kappa shape index (κ3) is 3.83. The number of aryl methyl sites for hydroxylation is 2. The highest BCUT2D eigenvalue weighted by atomic mass is 35.5. The number of aromatic nitrogens is 3. The van der Waals surface area contributed by atoms with Crippen molar-refractivity contribution < 1.29 is 0 Å². The second kappa shape index (κ2) is 7.21. The van der Waals surface area contributed by atoms with E-state index >= 15 is 0 Å². The molecule has 0 spiro atoms. The van der Waals surface area contributed by atoms with E-state index in [1.807, 2.05) is 68.4 Å². The van der Waals surface area contributed by atoms with Crippen LogP contribution in [-0.2, 0) is 0 Å². The summed E-state index contributed by atoms with van der Waals surface area (Å²) in [4.78, 5) is 13.6. The molecule has 0 aliphatic rings. The van der Waals surface area contributed by atoms with Crippen LogP contribution in [0.1, 0.15) is 11.3 Å². The number of para-hydroxylation sites is 1. The Morgan fingerprint density at radius 3 is 2.56 bits per heavy atom. The largest absolute Gasteiger partial charge is 0.340 e. The highest BCUT2D eigenvalue weighted by molar-refractivity contribution is 6.30. The zero-order valence-corrected chi connectivity index (χ0v) is 15.7. The van der Waals surface area contributed by atoms with Crippen LogP contribution >= 0.6 is 11.6 Å². The van der Waals surface area contributed by atoms with E-state index in [0.29, 0.717) is 16.8 Å². The number of fused-ring (bicyclic) bond motifs is 1. The molecule has 2 aromatic heterocycles. The van der Waals surface area contributed by atoms with Gasteiger partial charge in [0.05, 0.1) is 11.2 Å². The van der Waals surface area contributed by atoms with Crippen molar-refractivity contribution >= 4 is 45.6 Å². The Balaban J connectivity index is 1.66. The average molecular weight is 376 g/mol. The number of hydrogen-bond donors (Lipinski definition) is 2. The van der Waals surface area contributed by atoms with Crippen LogP contribution in [0.4, 0.5) is 23.1 Å². The van der Waals surface area contributed by atoms with Crippen LogP contribution in [0.25, 0.3) is 10.9 Å². The lowest BCUT2D eigenvalue weighted by molar-refractivity contribution is 1.11. The van der Waals surface area contributed by atoms with E-state index in [9.17, 15) is 0 Å². The molecule has 5 nitrogen and oxygen atoms in total. The van der Waals surface area contributed by atoms with Gasteiger partial charge in [0.15, 0.2) is 0 Å². The van der Waals surface area contributed by atoms with Crippen LogP contribution in [0.5, 0.6) is 0 Å². The first-order valence-electron chi connectivity index (χ1n) is 8.58. The summed E-state index contributed by atoms with van der Waals surface area (Å²) in [6.07, 6.45) is 1.78. The predicted octanol–water partition coefficient (Wildman–Crippen LogP) is 5.78. The van der Waals surface area contributed by atoms with E-state index in [-0.39, 0.29) is 0 Å². The Kier molecular flexibility index (Phi) is 4.60. The molecule has 6 heteroatoms. The molecule has 4 rings (SSSR count). The van der Waals surface area contributed by atoms with Gasteiger partial charge in [-0.2, -0.15) is 4.98 Å². The molecule has 2 aromatic carbocycles. The second-order valence-electron chi connectivity index (χ2n) is 6.31. The molecule has 0 atom stereocenters. The zero-order chi connectivity index (χ0) is 18.8. The van der Waals surface area contributed by atoms with E-state index in [2.05, 4.69) is 25.6 Å². The van der Waals surface area contributed by atoms with Gasteiger partial charge in [0, 0.05) is 34.1 Å². The average Bonchev–Trinajstić information content (AvgIpc) is 2.64. The fourth-order valence-corrected chi connectivity index (χ4v) is 3.15. The predicted molar refractivity (Wildman–Crippen MR) is 111 cm³/mol. The van der Waals surface area contributed by atoms with Crippen LogP contribution in [0.15, 0.2) is 60.8 Å². The molecular weight excluding hydrogens is 358 g/mol. The molecule has 27 heavy (non-hydrogen) atoms. The van der Waals surface area contributed by atoms with Crippen LogP contribution in [0, 0.1) is 13.8 Å². The summed E-state index contributed by atoms with van der Waals surface area (Å²) in [6, 6.07) is 17.5. The maximum absolute atomic E-state index is 6.04. The van der Waals surface area contributed by atoms with Crippen LogP contribution in [0.3, 0.4) is 0 Å². The van der Waals surface area contributed by atoms with Gasteiger partial charge in [-0.1, -0.05) is 29.8 Å². The Morgan fingerprint density at radius 2 is 1.70 bits per heavy atom. The Morgan fingerprint density at radius 1 is 0.852 bits per heavy atom. The monoisotopic (exact) mass is 375 g/mol. The molecule has 0 aliphatic carbocycles. The normalized spacial score (nSPS) is 10.8. The first-order valence-corrected chi connectivity index (χ1v) is 8.96. The molecule has 4 aromatic rings. The van der Waals surface area contributed by atoms with Gasteiger partial charge in [-0.25, -0.2) is 4.98 Å². The fourth-order valence-electron chi connectivity index (χ4n) is 2.92. The fraction of sp³-hybridized carbons (Fsp3) is 0.0952. The summed E-state index contributed by atoms with van der Waals surface area (Å²) in [5, 5.41) is 8.40. The lowest BCUT2D eigenvalue weighted by atomic mass is 10.2. The highest BCUT2D eigenvalue weighted by Gasteiger charge is 2.08. The molecule has 0 bridgehead atoms. The van der Waals surface area contributed by atoms with E-state index < -0.39 is 0 Å². The summed E-state index contributed by atoms with van der Waals surface area (Å²) in [5.74, 6) is 1.23. The topological polar surface area (TPSA) is 62.7 Å². The van der Waals surface area contributed by atoms with E-state index in [1.54, 1.807) is 6.20 Å². The molecule has 134 valence electrons. The number of benzene rings is 2. The van der Waals surface area contributed by atoms with Gasteiger partial charge in [-0.05, 0) is 49.7 Å². The van der Waals surface area contributed by atoms with Crippen molar-refractivity contribution in [3.63, 3.8) is 0 Å². The van der Waals surface area contributed by atoms with E-state index in [0.717, 1.165) is 33.5 Å². The minimum atomic E-state index is 0.516. The second-order valence-corrected chi connectivity index (χ2v) is 6.74. The Bertz CT molecular complexity index is 1120. The van der Waals surface area contributed by atoms with E-state index in [1.165, 1.54) is 0 Å². The number of halogens is 1. The quantitative estimate of drug-likeness (QED) is 0.473. The number of pyridine rings is 1. The Hall–Kier alpha value is -3.18. The number of hydrogen-bond acceptors (Lipinski definition) is 5. The number of nitrogens with zero attached hydrogens (tertiary/aromatic N) is 3. The molecule has 2 heterocycles. The molecule has 0 amide bonds. The molecule has 0 aliphatic heterocycles. The summed E-state index contributed by atoms with van der Waals surface area (Å²) in [6.45, 7) is 3.94. The summed E-state index contributed by atoms with van der Waals surface area (Å²) < 4.78 is 0. The van der Waals surface area contributed by atoms with Gasteiger partial charge in [0.2, 0.25) is 5.95 Å². The van der Waals surface area contributed by atoms with Gasteiger partial charge < -0.3 is 10.6 Å². The minimum absolute atomic E-state index is 0.516. The van der Waals surface area contributed by atoms with Crippen LogP contribution < -0.4 is 10.6 Å². The van der Waals surface area contributed by atoms with Crippen molar-refractivity contribution in [3.05, 3.63) is 77.1 Å². The third-order valence-corrected chi connectivity index (χ3v) is 4.42. The summed E-state index contributed by atoms with van der Waals surface area (Å²) in [7, 11) is 0. The van der Waals surface area contributed by atoms with E-state index in [4.69, 9.17) is 11.6 Å². The van der Waals surface area contributed by atoms with Gasteiger partial charge in [-0.15, -0.1) is 0 Å². The maximum atomic E-state index is 6.04. The number of anilines is 4. The van der Waals surface area contributed by atoms with Crippen molar-refractivity contribution in [1.29, 1.82) is 0 Å². The standard InChI is InChI=1S/C21H18ClN5/c1-13-11-16(22)8-9-17(13)25-19-12-14(2)24-21(27-19)26-18-7-3-5-15-6-4-10-23-20(15)18/h3-12H,1-2H3,(H2,24,25,26,27). The minimum Gasteiger partial charge on any atom is -0.340 e. The van der Waals surface area contributed by atoms with Crippen molar-refractivity contribution in [2.75, 3.05) is 10.6 Å². The maximum Gasteiger partial charge on any atom is 0.229 e. The third-order valence-electron chi connectivity index (χ3n) is 4.18. The first-order chi connectivity index (χ1) is 13.1.